The number of piperidine rings is 1. The SMILES string of the molecule is CCC(=O)c1ccc(N2CCC(CC(N)=O)CC2)cc1. The molecule has 2 N–H and O–H groups in total. The molecule has 0 atom stereocenters. The normalized spacial score (nSPS) is 16.1. The van der Waals surface area contributed by atoms with Crippen LogP contribution in [0.15, 0.2) is 24.3 Å². The van der Waals surface area contributed by atoms with Crippen molar-refractivity contribution in [2.45, 2.75) is 32.6 Å². The summed E-state index contributed by atoms with van der Waals surface area (Å²) in [6.07, 6.45) is 3.03. The van der Waals surface area contributed by atoms with Crippen LogP contribution < -0.4 is 10.6 Å². The smallest absolute Gasteiger partial charge is 0.217 e. The molecular formula is C16H22N2O2. The number of ketones is 1. The molecule has 1 fully saturated rings. The summed E-state index contributed by atoms with van der Waals surface area (Å²) in [5.74, 6) is 0.396. The highest BCUT2D eigenvalue weighted by atomic mass is 16.1. The molecular weight excluding hydrogens is 252 g/mol. The van der Waals surface area contributed by atoms with Gasteiger partial charge in [-0.05, 0) is 43.0 Å². The van der Waals surface area contributed by atoms with E-state index in [0.717, 1.165) is 37.2 Å². The second-order valence-corrected chi connectivity index (χ2v) is 5.42. The van der Waals surface area contributed by atoms with Gasteiger partial charge in [0.05, 0.1) is 0 Å². The number of hydrogen-bond donors (Lipinski definition) is 1. The van der Waals surface area contributed by atoms with E-state index in [1.807, 2.05) is 31.2 Å². The molecule has 0 spiro atoms. The Morgan fingerprint density at radius 3 is 2.30 bits per heavy atom. The van der Waals surface area contributed by atoms with E-state index in [1.165, 1.54) is 0 Å². The minimum atomic E-state index is -0.203. The molecule has 1 aromatic rings. The van der Waals surface area contributed by atoms with Crippen molar-refractivity contribution < 1.29 is 9.59 Å². The topological polar surface area (TPSA) is 63.4 Å². The van der Waals surface area contributed by atoms with Crippen LogP contribution in [0.2, 0.25) is 0 Å². The van der Waals surface area contributed by atoms with Crippen molar-refractivity contribution in [3.8, 4) is 0 Å². The summed E-state index contributed by atoms with van der Waals surface area (Å²) in [6, 6.07) is 7.82. The van der Waals surface area contributed by atoms with Gasteiger partial charge in [0.2, 0.25) is 5.91 Å². The Bertz CT molecular complexity index is 474. The first-order valence-corrected chi connectivity index (χ1v) is 7.26. The minimum Gasteiger partial charge on any atom is -0.372 e. The van der Waals surface area contributed by atoms with E-state index in [-0.39, 0.29) is 11.7 Å². The zero-order valence-electron chi connectivity index (χ0n) is 12.0. The molecule has 0 aromatic heterocycles. The van der Waals surface area contributed by atoms with Gasteiger partial charge in [-0.1, -0.05) is 6.92 Å². The van der Waals surface area contributed by atoms with Crippen molar-refractivity contribution in [3.63, 3.8) is 0 Å². The molecule has 1 saturated heterocycles. The number of amides is 1. The van der Waals surface area contributed by atoms with E-state index in [2.05, 4.69) is 4.90 Å². The highest BCUT2D eigenvalue weighted by Crippen LogP contribution is 2.25. The van der Waals surface area contributed by atoms with E-state index < -0.39 is 0 Å². The molecule has 0 bridgehead atoms. The van der Waals surface area contributed by atoms with Gasteiger partial charge in [0.1, 0.15) is 0 Å². The van der Waals surface area contributed by atoms with E-state index in [1.54, 1.807) is 0 Å². The fourth-order valence-corrected chi connectivity index (χ4v) is 2.74. The third-order valence-electron chi connectivity index (χ3n) is 3.98. The van der Waals surface area contributed by atoms with E-state index in [9.17, 15) is 9.59 Å². The number of Topliss-reactive ketones (excluding diaryl/α,β-unsaturated/α-hetero) is 1. The average molecular weight is 274 g/mol. The highest BCUT2D eigenvalue weighted by molar-refractivity contribution is 5.96. The Hall–Kier alpha value is -1.84. The molecule has 4 nitrogen and oxygen atoms in total. The number of hydrogen-bond acceptors (Lipinski definition) is 3. The molecule has 1 aromatic carbocycles. The number of rotatable bonds is 5. The predicted molar refractivity (Wildman–Crippen MR) is 79.8 cm³/mol. The molecule has 1 aliphatic heterocycles. The summed E-state index contributed by atoms with van der Waals surface area (Å²) in [7, 11) is 0. The van der Waals surface area contributed by atoms with Gasteiger partial charge in [-0.2, -0.15) is 0 Å². The van der Waals surface area contributed by atoms with Crippen molar-refractivity contribution in [1.82, 2.24) is 0 Å². The van der Waals surface area contributed by atoms with Gasteiger partial charge < -0.3 is 10.6 Å². The molecule has 20 heavy (non-hydrogen) atoms. The van der Waals surface area contributed by atoms with Crippen molar-refractivity contribution in [2.24, 2.45) is 11.7 Å². The maximum Gasteiger partial charge on any atom is 0.217 e. The first-order valence-electron chi connectivity index (χ1n) is 7.26. The van der Waals surface area contributed by atoms with Crippen LogP contribution in [0.3, 0.4) is 0 Å². The largest absolute Gasteiger partial charge is 0.372 e. The maximum atomic E-state index is 11.6. The number of anilines is 1. The first-order chi connectivity index (χ1) is 9.60. The summed E-state index contributed by atoms with van der Waals surface area (Å²) >= 11 is 0. The van der Waals surface area contributed by atoms with Crippen LogP contribution in [-0.2, 0) is 4.79 Å². The van der Waals surface area contributed by atoms with Crippen molar-refractivity contribution >= 4 is 17.4 Å². The lowest BCUT2D eigenvalue weighted by Crippen LogP contribution is -2.35. The summed E-state index contributed by atoms with van der Waals surface area (Å²) in [5.41, 5.74) is 7.17. The van der Waals surface area contributed by atoms with Crippen LogP contribution >= 0.6 is 0 Å². The molecule has 108 valence electrons. The first kappa shape index (κ1) is 14.6. The molecule has 0 unspecified atom stereocenters. The third kappa shape index (κ3) is 3.59. The number of nitrogens with zero attached hydrogens (tertiary/aromatic N) is 1. The Labute approximate surface area is 119 Å². The van der Waals surface area contributed by atoms with Gasteiger partial charge in [0, 0.05) is 37.2 Å². The van der Waals surface area contributed by atoms with Crippen LogP contribution in [0.4, 0.5) is 5.69 Å². The Kier molecular flexibility index (Phi) is 4.77. The quantitative estimate of drug-likeness (QED) is 0.838. The fraction of sp³-hybridized carbons (Fsp3) is 0.500. The van der Waals surface area contributed by atoms with Crippen LogP contribution in [0.25, 0.3) is 0 Å². The Morgan fingerprint density at radius 2 is 1.80 bits per heavy atom. The lowest BCUT2D eigenvalue weighted by atomic mass is 9.93. The predicted octanol–water partition coefficient (Wildman–Crippen LogP) is 2.37. The van der Waals surface area contributed by atoms with Crippen LogP contribution in [-0.4, -0.2) is 24.8 Å². The highest BCUT2D eigenvalue weighted by Gasteiger charge is 2.20. The van der Waals surface area contributed by atoms with Gasteiger partial charge in [-0.3, -0.25) is 9.59 Å². The zero-order valence-corrected chi connectivity index (χ0v) is 12.0. The van der Waals surface area contributed by atoms with E-state index >= 15 is 0 Å². The maximum absolute atomic E-state index is 11.6. The molecule has 0 radical (unpaired) electrons. The number of carbonyl (C=O) groups excluding carboxylic acids is 2. The standard InChI is InChI=1S/C16H22N2O2/c1-2-15(19)13-3-5-14(6-4-13)18-9-7-12(8-10-18)11-16(17)20/h3-6,12H,2,7-11H2,1H3,(H2,17,20). The van der Waals surface area contributed by atoms with Crippen molar-refractivity contribution in [3.05, 3.63) is 29.8 Å². The van der Waals surface area contributed by atoms with Crippen LogP contribution in [0, 0.1) is 5.92 Å². The molecule has 1 amide bonds. The Balaban J connectivity index is 1.93. The number of benzene rings is 1. The lowest BCUT2D eigenvalue weighted by Gasteiger charge is -2.33. The minimum absolute atomic E-state index is 0.178. The van der Waals surface area contributed by atoms with Gasteiger partial charge in [-0.15, -0.1) is 0 Å². The van der Waals surface area contributed by atoms with Gasteiger partial charge >= 0.3 is 0 Å². The van der Waals surface area contributed by atoms with E-state index in [4.69, 9.17) is 5.73 Å². The van der Waals surface area contributed by atoms with Crippen molar-refractivity contribution in [2.75, 3.05) is 18.0 Å². The van der Waals surface area contributed by atoms with Crippen molar-refractivity contribution in [1.29, 1.82) is 0 Å². The summed E-state index contributed by atoms with van der Waals surface area (Å²) in [4.78, 5) is 24.8. The van der Waals surface area contributed by atoms with Gasteiger partial charge in [0.25, 0.3) is 0 Å². The summed E-state index contributed by atoms with van der Waals surface area (Å²) in [6.45, 7) is 3.76. The van der Waals surface area contributed by atoms with E-state index in [0.29, 0.717) is 18.8 Å². The zero-order chi connectivity index (χ0) is 14.5. The van der Waals surface area contributed by atoms with Crippen LogP contribution in [0.5, 0.6) is 0 Å². The second-order valence-electron chi connectivity index (χ2n) is 5.42. The third-order valence-corrected chi connectivity index (χ3v) is 3.98. The molecule has 1 aliphatic rings. The van der Waals surface area contributed by atoms with Gasteiger partial charge in [-0.25, -0.2) is 0 Å². The molecule has 0 aliphatic carbocycles. The second kappa shape index (κ2) is 6.55. The average Bonchev–Trinajstić information content (AvgIpc) is 2.47. The monoisotopic (exact) mass is 274 g/mol. The molecule has 1 heterocycles. The number of nitrogens with two attached hydrogens (primary N) is 1. The molecule has 0 saturated carbocycles. The molecule has 4 heteroatoms. The summed E-state index contributed by atoms with van der Waals surface area (Å²) in [5, 5.41) is 0. The number of carbonyl (C=O) groups is 2. The van der Waals surface area contributed by atoms with Gasteiger partial charge in [0.15, 0.2) is 5.78 Å². The fourth-order valence-electron chi connectivity index (χ4n) is 2.74. The van der Waals surface area contributed by atoms with Crippen LogP contribution in [0.1, 0.15) is 43.0 Å². The summed E-state index contributed by atoms with van der Waals surface area (Å²) < 4.78 is 0. The Morgan fingerprint density at radius 1 is 1.20 bits per heavy atom. The molecule has 2 rings (SSSR count). The lowest BCUT2D eigenvalue weighted by molar-refractivity contribution is -0.119. The number of primary amides is 1.